The molecule has 6 heteroatoms. The van der Waals surface area contributed by atoms with Gasteiger partial charge in [-0.3, -0.25) is 4.98 Å². The normalized spacial score (nSPS) is 15.0. The Morgan fingerprint density at radius 1 is 1.14 bits per heavy atom. The van der Waals surface area contributed by atoms with Gasteiger partial charge in [-0.15, -0.1) is 0 Å². The summed E-state index contributed by atoms with van der Waals surface area (Å²) in [5.74, 6) is 3.13. The molecule has 4 nitrogen and oxygen atoms in total. The molecule has 0 unspecified atom stereocenters. The minimum Gasteiger partial charge on any atom is -0.370 e. The van der Waals surface area contributed by atoms with E-state index in [9.17, 15) is 0 Å². The Bertz CT molecular complexity index is 584. The zero-order valence-electron chi connectivity index (χ0n) is 11.6. The molecule has 1 aliphatic heterocycles. The summed E-state index contributed by atoms with van der Waals surface area (Å²) >= 11 is 7.84. The van der Waals surface area contributed by atoms with Crippen molar-refractivity contribution < 1.29 is 0 Å². The van der Waals surface area contributed by atoms with E-state index in [0.29, 0.717) is 17.5 Å². The molecule has 0 aliphatic carbocycles. The molecule has 0 spiro atoms. The molecule has 2 heterocycles. The van der Waals surface area contributed by atoms with Gasteiger partial charge in [-0.2, -0.15) is 11.8 Å². The van der Waals surface area contributed by atoms with E-state index in [-0.39, 0.29) is 0 Å². The lowest BCUT2D eigenvalue weighted by Gasteiger charge is -2.28. The highest BCUT2D eigenvalue weighted by Gasteiger charge is 2.10. The summed E-state index contributed by atoms with van der Waals surface area (Å²) in [7, 11) is 0. The minimum absolute atomic E-state index is 0.401. The predicted molar refractivity (Wildman–Crippen MR) is 90.3 cm³/mol. The summed E-state index contributed by atoms with van der Waals surface area (Å²) in [6, 6.07) is 8.69. The van der Waals surface area contributed by atoms with E-state index in [4.69, 9.17) is 11.6 Å². The van der Waals surface area contributed by atoms with Crippen molar-refractivity contribution in [1.82, 2.24) is 9.97 Å². The van der Waals surface area contributed by atoms with Crippen molar-refractivity contribution in [3.63, 3.8) is 0 Å². The van der Waals surface area contributed by atoms with Crippen molar-refractivity contribution in [3.8, 4) is 0 Å². The van der Waals surface area contributed by atoms with Crippen LogP contribution in [0.4, 0.5) is 11.5 Å². The first-order valence-electron chi connectivity index (χ1n) is 6.94. The van der Waals surface area contributed by atoms with Gasteiger partial charge in [0.2, 0.25) is 0 Å². The number of hydrogen-bond acceptors (Lipinski definition) is 5. The van der Waals surface area contributed by atoms with Gasteiger partial charge in [0.15, 0.2) is 0 Å². The van der Waals surface area contributed by atoms with Crippen LogP contribution in [0.5, 0.6) is 0 Å². The highest BCUT2D eigenvalue weighted by atomic mass is 35.5. The fraction of sp³-hybridized carbons (Fsp3) is 0.333. The predicted octanol–water partition coefficient (Wildman–Crippen LogP) is 3.30. The summed E-state index contributed by atoms with van der Waals surface area (Å²) in [5.41, 5.74) is 2.52. The number of nitrogens with one attached hydrogen (secondary N) is 1. The van der Waals surface area contributed by atoms with Crippen LogP contribution in [-0.4, -0.2) is 34.6 Å². The number of rotatable bonds is 4. The van der Waals surface area contributed by atoms with Crippen LogP contribution in [0.2, 0.25) is 5.15 Å². The van der Waals surface area contributed by atoms with E-state index in [1.165, 1.54) is 29.0 Å². The smallest absolute Gasteiger partial charge is 0.149 e. The largest absolute Gasteiger partial charge is 0.370 e. The SMILES string of the molecule is Clc1cncc(NCc2ccc(N3CCSCC3)cc2)n1. The van der Waals surface area contributed by atoms with Crippen LogP contribution >= 0.6 is 23.4 Å². The second-order valence-corrected chi connectivity index (χ2v) is 6.46. The number of hydrogen-bond donors (Lipinski definition) is 1. The van der Waals surface area contributed by atoms with Crippen molar-refractivity contribution in [2.75, 3.05) is 34.8 Å². The first kappa shape index (κ1) is 14.5. The van der Waals surface area contributed by atoms with Gasteiger partial charge in [0.25, 0.3) is 0 Å². The third-order valence-electron chi connectivity index (χ3n) is 3.39. The highest BCUT2D eigenvalue weighted by Crippen LogP contribution is 2.20. The Morgan fingerprint density at radius 2 is 1.90 bits per heavy atom. The monoisotopic (exact) mass is 320 g/mol. The molecular formula is C15H17ClN4S. The molecule has 1 fully saturated rings. The van der Waals surface area contributed by atoms with Crippen molar-refractivity contribution in [2.45, 2.75) is 6.54 Å². The number of benzene rings is 1. The molecule has 2 aromatic rings. The van der Waals surface area contributed by atoms with Gasteiger partial charge < -0.3 is 10.2 Å². The summed E-state index contributed by atoms with van der Waals surface area (Å²) < 4.78 is 0. The number of nitrogens with zero attached hydrogens (tertiary/aromatic N) is 3. The molecule has 0 amide bonds. The molecule has 1 aromatic carbocycles. The van der Waals surface area contributed by atoms with Crippen molar-refractivity contribution in [2.24, 2.45) is 0 Å². The zero-order chi connectivity index (χ0) is 14.5. The van der Waals surface area contributed by atoms with Crippen molar-refractivity contribution >= 4 is 34.9 Å². The minimum atomic E-state index is 0.401. The second-order valence-electron chi connectivity index (χ2n) is 4.85. The average Bonchev–Trinajstić information content (AvgIpc) is 2.54. The van der Waals surface area contributed by atoms with Crippen molar-refractivity contribution in [3.05, 3.63) is 47.4 Å². The van der Waals surface area contributed by atoms with Crippen molar-refractivity contribution in [1.29, 1.82) is 0 Å². The molecule has 0 atom stereocenters. The van der Waals surface area contributed by atoms with E-state index in [1.54, 1.807) is 6.20 Å². The lowest BCUT2D eigenvalue weighted by Crippen LogP contribution is -2.32. The topological polar surface area (TPSA) is 41.1 Å². The molecular weight excluding hydrogens is 304 g/mol. The standard InChI is InChI=1S/C15H17ClN4S/c16-14-10-17-11-15(19-14)18-9-12-1-3-13(4-2-12)20-5-7-21-8-6-20/h1-4,10-11H,5-9H2,(H,18,19). The van der Waals surface area contributed by atoms with E-state index in [0.717, 1.165) is 13.1 Å². The number of thioether (sulfide) groups is 1. The number of halogens is 1. The van der Waals surface area contributed by atoms with Gasteiger partial charge in [0.1, 0.15) is 11.0 Å². The molecule has 1 N–H and O–H groups in total. The average molecular weight is 321 g/mol. The summed E-state index contributed by atoms with van der Waals surface area (Å²) in [6.45, 7) is 2.99. The molecule has 1 aliphatic rings. The number of aromatic nitrogens is 2. The van der Waals surface area contributed by atoms with Gasteiger partial charge in [-0.05, 0) is 17.7 Å². The first-order valence-corrected chi connectivity index (χ1v) is 8.47. The Labute approximate surface area is 133 Å². The van der Waals surface area contributed by atoms with E-state index in [2.05, 4.69) is 44.5 Å². The third kappa shape index (κ3) is 4.02. The quantitative estimate of drug-likeness (QED) is 0.936. The number of anilines is 2. The Balaban J connectivity index is 1.59. The molecule has 0 radical (unpaired) electrons. The highest BCUT2D eigenvalue weighted by molar-refractivity contribution is 7.99. The maximum Gasteiger partial charge on any atom is 0.149 e. The van der Waals surface area contributed by atoms with Crippen LogP contribution in [0.15, 0.2) is 36.7 Å². The van der Waals surface area contributed by atoms with Crippen LogP contribution in [0.1, 0.15) is 5.56 Å². The van der Waals surface area contributed by atoms with Gasteiger partial charge in [0.05, 0.1) is 12.4 Å². The fourth-order valence-electron chi connectivity index (χ4n) is 2.27. The van der Waals surface area contributed by atoms with E-state index >= 15 is 0 Å². The zero-order valence-corrected chi connectivity index (χ0v) is 13.2. The van der Waals surface area contributed by atoms with Crippen LogP contribution in [-0.2, 0) is 6.54 Å². The summed E-state index contributed by atoms with van der Waals surface area (Å²) in [5, 5.41) is 3.63. The van der Waals surface area contributed by atoms with Gasteiger partial charge in [-0.25, -0.2) is 4.98 Å². The molecule has 0 saturated carbocycles. The maximum absolute atomic E-state index is 5.81. The molecule has 21 heavy (non-hydrogen) atoms. The Hall–Kier alpha value is -1.46. The summed E-state index contributed by atoms with van der Waals surface area (Å²) in [6.07, 6.45) is 3.20. The van der Waals surface area contributed by atoms with Gasteiger partial charge in [0, 0.05) is 36.8 Å². The van der Waals surface area contributed by atoms with Crippen LogP contribution in [0.25, 0.3) is 0 Å². The van der Waals surface area contributed by atoms with Gasteiger partial charge in [-0.1, -0.05) is 23.7 Å². The first-order chi connectivity index (χ1) is 10.3. The molecule has 0 bridgehead atoms. The van der Waals surface area contributed by atoms with Crippen LogP contribution < -0.4 is 10.2 Å². The molecule has 1 aromatic heterocycles. The summed E-state index contributed by atoms with van der Waals surface area (Å²) in [4.78, 5) is 10.6. The molecule has 1 saturated heterocycles. The van der Waals surface area contributed by atoms with E-state index < -0.39 is 0 Å². The van der Waals surface area contributed by atoms with Gasteiger partial charge >= 0.3 is 0 Å². The Kier molecular flexibility index (Phi) is 4.83. The Morgan fingerprint density at radius 3 is 2.62 bits per heavy atom. The van der Waals surface area contributed by atoms with E-state index in [1.807, 2.05) is 11.8 Å². The van der Waals surface area contributed by atoms with Crippen LogP contribution in [0, 0.1) is 0 Å². The molecule has 110 valence electrons. The van der Waals surface area contributed by atoms with Crippen LogP contribution in [0.3, 0.4) is 0 Å². The second kappa shape index (κ2) is 7.00. The maximum atomic E-state index is 5.81. The molecule has 3 rings (SSSR count). The fourth-order valence-corrected chi connectivity index (χ4v) is 3.32. The third-order valence-corrected chi connectivity index (χ3v) is 4.52. The lowest BCUT2D eigenvalue weighted by atomic mass is 10.2. The lowest BCUT2D eigenvalue weighted by molar-refractivity contribution is 0.858.